The smallest absolute Gasteiger partial charge is 0.224 e. The van der Waals surface area contributed by atoms with Crippen molar-refractivity contribution in [2.75, 3.05) is 40.0 Å². The first-order valence-corrected chi connectivity index (χ1v) is 8.61. The number of nitrogens with one attached hydrogen (secondary N) is 1. The number of nitrogens with zero attached hydrogens (tertiary/aromatic N) is 1. The van der Waals surface area contributed by atoms with Gasteiger partial charge in [0.15, 0.2) is 11.5 Å². The van der Waals surface area contributed by atoms with Gasteiger partial charge in [-0.05, 0) is 18.2 Å². The van der Waals surface area contributed by atoms with Crippen molar-refractivity contribution in [2.45, 2.75) is 25.5 Å². The first kappa shape index (κ1) is 17.3. The summed E-state index contributed by atoms with van der Waals surface area (Å²) >= 11 is 6.28. The van der Waals surface area contributed by atoms with E-state index >= 15 is 0 Å². The molecule has 0 aromatic heterocycles. The molecule has 2 aliphatic rings. The van der Waals surface area contributed by atoms with Gasteiger partial charge in [0.05, 0.1) is 18.6 Å². The fraction of sp³-hybridized carbons (Fsp3) is 0.588. The van der Waals surface area contributed by atoms with Crippen LogP contribution < -0.4 is 14.8 Å². The minimum Gasteiger partial charge on any atom is -0.486 e. The van der Waals surface area contributed by atoms with E-state index in [0.29, 0.717) is 29.7 Å². The van der Waals surface area contributed by atoms with E-state index in [9.17, 15) is 4.79 Å². The van der Waals surface area contributed by atoms with Gasteiger partial charge in [0.2, 0.25) is 5.91 Å². The Morgan fingerprint density at radius 3 is 2.71 bits per heavy atom. The van der Waals surface area contributed by atoms with Crippen LogP contribution in [-0.4, -0.2) is 62.9 Å². The van der Waals surface area contributed by atoms with Crippen LogP contribution >= 0.6 is 11.6 Å². The molecule has 1 aromatic rings. The van der Waals surface area contributed by atoms with Gasteiger partial charge in [-0.3, -0.25) is 9.69 Å². The minimum atomic E-state index is -0.0708. The second-order valence-corrected chi connectivity index (χ2v) is 6.47. The van der Waals surface area contributed by atoms with Crippen molar-refractivity contribution in [3.63, 3.8) is 0 Å². The van der Waals surface area contributed by atoms with Gasteiger partial charge in [0.1, 0.15) is 13.2 Å². The van der Waals surface area contributed by atoms with Crippen molar-refractivity contribution < 1.29 is 19.0 Å². The van der Waals surface area contributed by atoms with Crippen LogP contribution in [0.1, 0.15) is 12.5 Å². The zero-order valence-corrected chi connectivity index (χ0v) is 14.8. The van der Waals surface area contributed by atoms with E-state index < -0.39 is 0 Å². The Balaban J connectivity index is 1.64. The number of halogens is 1. The predicted octanol–water partition coefficient (Wildman–Crippen LogP) is 1.49. The molecule has 1 saturated heterocycles. The third-order valence-electron chi connectivity index (χ3n) is 4.50. The van der Waals surface area contributed by atoms with Crippen molar-refractivity contribution >= 4 is 17.5 Å². The second kappa shape index (κ2) is 7.59. The Labute approximate surface area is 147 Å². The summed E-state index contributed by atoms with van der Waals surface area (Å²) < 4.78 is 16.5. The van der Waals surface area contributed by atoms with Gasteiger partial charge in [-0.25, -0.2) is 0 Å². The summed E-state index contributed by atoms with van der Waals surface area (Å²) in [5.41, 5.74) is 0.734. The average molecular weight is 355 g/mol. The first-order chi connectivity index (χ1) is 11.6. The highest BCUT2D eigenvalue weighted by Crippen LogP contribution is 2.35. The third kappa shape index (κ3) is 3.77. The summed E-state index contributed by atoms with van der Waals surface area (Å²) in [6.45, 7) is 5.70. The molecule has 7 heteroatoms. The van der Waals surface area contributed by atoms with Gasteiger partial charge < -0.3 is 19.5 Å². The fourth-order valence-electron chi connectivity index (χ4n) is 3.16. The number of hydrogen-bond acceptors (Lipinski definition) is 5. The molecule has 1 aromatic carbocycles. The second-order valence-electron chi connectivity index (χ2n) is 6.06. The van der Waals surface area contributed by atoms with Crippen LogP contribution in [-0.2, 0) is 16.0 Å². The van der Waals surface area contributed by atoms with Crippen molar-refractivity contribution in [1.82, 2.24) is 10.2 Å². The van der Waals surface area contributed by atoms with Gasteiger partial charge >= 0.3 is 0 Å². The highest BCUT2D eigenvalue weighted by Gasteiger charge is 2.33. The van der Waals surface area contributed by atoms with Crippen LogP contribution in [0, 0.1) is 0 Å². The monoisotopic (exact) mass is 354 g/mol. The standard InChI is InChI=1S/C17H23ClN2O4/c1-3-20-9-13(16(10-20)22-2)19-17(21)7-11-6-14-15(8-12(11)18)24-5-4-23-14/h6,8,13,16H,3-5,7,9-10H2,1-2H3,(H,19,21)/t13-,16-/m1/s1. The lowest BCUT2D eigenvalue weighted by molar-refractivity contribution is -0.121. The number of carbonyl (C=O) groups excluding carboxylic acids is 1. The molecule has 0 saturated carbocycles. The molecule has 2 atom stereocenters. The molecule has 0 radical (unpaired) electrons. The van der Waals surface area contributed by atoms with Crippen molar-refractivity contribution in [1.29, 1.82) is 0 Å². The Bertz CT molecular complexity index is 610. The number of likely N-dealkylation sites (tertiary alicyclic amines) is 1. The normalized spacial score (nSPS) is 23.3. The molecule has 3 rings (SSSR count). The topological polar surface area (TPSA) is 60.0 Å². The molecule has 0 spiro atoms. The largest absolute Gasteiger partial charge is 0.486 e. The number of fused-ring (bicyclic) bond motifs is 1. The Hall–Kier alpha value is -1.50. The molecule has 1 amide bonds. The maximum absolute atomic E-state index is 12.4. The molecular weight excluding hydrogens is 332 g/mol. The van der Waals surface area contributed by atoms with E-state index in [0.717, 1.165) is 25.2 Å². The Kier molecular flexibility index (Phi) is 5.48. The van der Waals surface area contributed by atoms with Crippen molar-refractivity contribution in [2.24, 2.45) is 0 Å². The summed E-state index contributed by atoms with van der Waals surface area (Å²) in [6, 6.07) is 3.50. The maximum Gasteiger partial charge on any atom is 0.224 e. The molecule has 1 fully saturated rings. The maximum atomic E-state index is 12.4. The van der Waals surface area contributed by atoms with E-state index in [-0.39, 0.29) is 24.5 Å². The number of carbonyl (C=O) groups is 1. The minimum absolute atomic E-state index is 0.00145. The summed E-state index contributed by atoms with van der Waals surface area (Å²) in [5.74, 6) is 1.20. The van der Waals surface area contributed by atoms with Crippen LogP contribution in [0.3, 0.4) is 0 Å². The van der Waals surface area contributed by atoms with Gasteiger partial charge in [0, 0.05) is 31.3 Å². The number of benzene rings is 1. The lowest BCUT2D eigenvalue weighted by Gasteiger charge is -2.21. The number of hydrogen-bond donors (Lipinski definition) is 1. The Morgan fingerprint density at radius 2 is 2.04 bits per heavy atom. The lowest BCUT2D eigenvalue weighted by Crippen LogP contribution is -2.44. The molecule has 2 aliphatic heterocycles. The quantitative estimate of drug-likeness (QED) is 0.868. The van der Waals surface area contributed by atoms with E-state index in [1.165, 1.54) is 0 Å². The van der Waals surface area contributed by atoms with Crippen molar-refractivity contribution in [3.8, 4) is 11.5 Å². The summed E-state index contributed by atoms with van der Waals surface area (Å²) in [5, 5.41) is 3.58. The average Bonchev–Trinajstić information content (AvgIpc) is 2.97. The van der Waals surface area contributed by atoms with E-state index in [2.05, 4.69) is 17.1 Å². The van der Waals surface area contributed by atoms with E-state index in [1.54, 1.807) is 19.2 Å². The summed E-state index contributed by atoms with van der Waals surface area (Å²) in [4.78, 5) is 14.7. The molecule has 0 unspecified atom stereocenters. The molecule has 132 valence electrons. The number of methoxy groups -OCH3 is 1. The number of rotatable bonds is 5. The zero-order chi connectivity index (χ0) is 17.1. The van der Waals surface area contributed by atoms with Crippen LogP contribution in [0.5, 0.6) is 11.5 Å². The number of amides is 1. The van der Waals surface area contributed by atoms with Gasteiger partial charge in [0.25, 0.3) is 0 Å². The van der Waals surface area contributed by atoms with Gasteiger partial charge in [-0.2, -0.15) is 0 Å². The summed E-state index contributed by atoms with van der Waals surface area (Å²) in [6.07, 6.45) is 0.221. The third-order valence-corrected chi connectivity index (χ3v) is 4.85. The highest BCUT2D eigenvalue weighted by molar-refractivity contribution is 6.31. The zero-order valence-electron chi connectivity index (χ0n) is 14.0. The summed E-state index contributed by atoms with van der Waals surface area (Å²) in [7, 11) is 1.68. The van der Waals surface area contributed by atoms with E-state index in [4.69, 9.17) is 25.8 Å². The molecule has 24 heavy (non-hydrogen) atoms. The fourth-order valence-corrected chi connectivity index (χ4v) is 3.38. The van der Waals surface area contributed by atoms with Crippen molar-refractivity contribution in [3.05, 3.63) is 22.7 Å². The van der Waals surface area contributed by atoms with Gasteiger partial charge in [-0.15, -0.1) is 0 Å². The SMILES string of the molecule is CCN1C[C@@H](NC(=O)Cc2cc3c(cc2Cl)OCCO3)[C@H](OC)C1. The van der Waals surface area contributed by atoms with Crippen LogP contribution in [0.15, 0.2) is 12.1 Å². The lowest BCUT2D eigenvalue weighted by atomic mass is 10.1. The van der Waals surface area contributed by atoms with Crippen LogP contribution in [0.4, 0.5) is 0 Å². The molecule has 6 nitrogen and oxygen atoms in total. The first-order valence-electron chi connectivity index (χ1n) is 8.23. The number of ether oxygens (including phenoxy) is 3. The molecule has 0 bridgehead atoms. The highest BCUT2D eigenvalue weighted by atomic mass is 35.5. The number of likely N-dealkylation sites (N-methyl/N-ethyl adjacent to an activating group) is 1. The van der Waals surface area contributed by atoms with Crippen LogP contribution in [0.2, 0.25) is 5.02 Å². The molecule has 2 heterocycles. The Morgan fingerprint density at radius 1 is 1.33 bits per heavy atom. The molecular formula is C17H23ClN2O4. The van der Waals surface area contributed by atoms with E-state index in [1.807, 2.05) is 0 Å². The molecule has 1 N–H and O–H groups in total. The van der Waals surface area contributed by atoms with Gasteiger partial charge in [-0.1, -0.05) is 18.5 Å². The van der Waals surface area contributed by atoms with Crippen LogP contribution in [0.25, 0.3) is 0 Å². The molecule has 0 aliphatic carbocycles. The predicted molar refractivity (Wildman–Crippen MR) is 91.0 cm³/mol.